The molecular weight excluding hydrogens is 408 g/mol. The molecule has 0 aliphatic heterocycles. The number of pyridine rings is 1. The molecule has 1 aromatic carbocycles. The molecule has 166 valence electrons. The summed E-state index contributed by atoms with van der Waals surface area (Å²) < 4.78 is 10.1. The first-order valence-electron chi connectivity index (χ1n) is 9.00. The van der Waals surface area contributed by atoms with Gasteiger partial charge < -0.3 is 35.5 Å². The second-order valence-corrected chi connectivity index (χ2v) is 5.70. The highest BCUT2D eigenvalue weighted by atomic mass is 16.5. The summed E-state index contributed by atoms with van der Waals surface area (Å²) in [5.41, 5.74) is 7.39. The zero-order valence-electron chi connectivity index (χ0n) is 17.0. The fourth-order valence-corrected chi connectivity index (χ4v) is 2.18. The van der Waals surface area contributed by atoms with Crippen LogP contribution in [0.15, 0.2) is 48.6 Å². The Hall–Kier alpha value is -4.28. The third kappa shape index (κ3) is 9.65. The number of nitrogens with two attached hydrogens (primary N) is 1. The molecule has 2 rings (SSSR count). The fraction of sp³-hybridized carbons (Fsp3) is 0.200. The summed E-state index contributed by atoms with van der Waals surface area (Å²) in [5, 5.41) is 23.0. The molecule has 1 aromatic heterocycles. The Labute approximate surface area is 178 Å². The highest BCUT2D eigenvalue weighted by Gasteiger charge is 2.11. The fourth-order valence-electron chi connectivity index (χ4n) is 2.18. The maximum atomic E-state index is 11.4. The number of hydrogen-bond acceptors (Lipinski definition) is 8. The van der Waals surface area contributed by atoms with Crippen molar-refractivity contribution < 1.29 is 39.1 Å². The monoisotopic (exact) mass is 432 g/mol. The number of aromatic nitrogens is 1. The summed E-state index contributed by atoms with van der Waals surface area (Å²) in [5.74, 6) is -0.930. The Morgan fingerprint density at radius 2 is 1.90 bits per heavy atom. The van der Waals surface area contributed by atoms with Crippen molar-refractivity contribution in [1.29, 1.82) is 0 Å². The highest BCUT2D eigenvalue weighted by Crippen LogP contribution is 2.19. The molecule has 0 saturated heterocycles. The summed E-state index contributed by atoms with van der Waals surface area (Å²) in [6.45, 7) is 2.61. The van der Waals surface area contributed by atoms with Crippen LogP contribution >= 0.6 is 0 Å². The molecule has 1 amide bonds. The maximum Gasteiger partial charge on any atom is 0.411 e. The molecular formula is C20H24N4O7. The van der Waals surface area contributed by atoms with Gasteiger partial charge >= 0.3 is 12.1 Å². The molecule has 11 nitrogen and oxygen atoms in total. The highest BCUT2D eigenvalue weighted by molar-refractivity contribution is 5.88. The topological polar surface area (TPSA) is 177 Å². The number of aromatic amines is 1. The van der Waals surface area contributed by atoms with Crippen LogP contribution in [0, 0.1) is 0 Å². The molecule has 6 N–H and O–H groups in total. The van der Waals surface area contributed by atoms with Gasteiger partial charge in [-0.2, -0.15) is 0 Å². The Morgan fingerprint density at radius 3 is 2.45 bits per heavy atom. The van der Waals surface area contributed by atoms with E-state index in [2.05, 4.69) is 15.6 Å². The average molecular weight is 432 g/mol. The molecule has 0 bridgehead atoms. The van der Waals surface area contributed by atoms with E-state index in [0.717, 1.165) is 17.1 Å². The van der Waals surface area contributed by atoms with Crippen LogP contribution in [0.3, 0.4) is 0 Å². The number of ether oxygens (including phenoxy) is 2. The van der Waals surface area contributed by atoms with Gasteiger partial charge in [0.25, 0.3) is 0 Å². The van der Waals surface area contributed by atoms with E-state index in [1.807, 2.05) is 24.3 Å². The van der Waals surface area contributed by atoms with Crippen molar-refractivity contribution >= 4 is 35.4 Å². The molecule has 0 spiro atoms. The van der Waals surface area contributed by atoms with E-state index in [1.54, 1.807) is 26.2 Å². The molecule has 0 atom stereocenters. The Kier molecular flexibility index (Phi) is 10.4. The number of nitrogens with one attached hydrogen (secondary N) is 3. The smallest absolute Gasteiger partial charge is 0.411 e. The van der Waals surface area contributed by atoms with E-state index in [-0.39, 0.29) is 0 Å². The van der Waals surface area contributed by atoms with Gasteiger partial charge in [0.2, 0.25) is 11.6 Å². The van der Waals surface area contributed by atoms with Gasteiger partial charge in [0.15, 0.2) is 0 Å². The first-order chi connectivity index (χ1) is 14.8. The molecule has 0 unspecified atom stereocenters. The van der Waals surface area contributed by atoms with Crippen molar-refractivity contribution in [3.05, 3.63) is 54.1 Å². The van der Waals surface area contributed by atoms with E-state index in [0.29, 0.717) is 36.8 Å². The van der Waals surface area contributed by atoms with Crippen LogP contribution in [0.2, 0.25) is 0 Å². The maximum absolute atomic E-state index is 11.4. The first-order valence-corrected chi connectivity index (χ1v) is 9.00. The van der Waals surface area contributed by atoms with Crippen LogP contribution in [-0.2, 0) is 20.9 Å². The number of carboxylic acids is 2. The molecule has 1 heterocycles. The number of rotatable bonds is 8. The van der Waals surface area contributed by atoms with Gasteiger partial charge in [0.05, 0.1) is 26.2 Å². The second kappa shape index (κ2) is 13.0. The SMILES string of the molecule is CCOC(=O)Nc1ccc(NCc2ccccc2OC)[nH+]c1N.O=C([O-])/C=C/C(=O)O. The minimum atomic E-state index is -1.51. The molecule has 0 saturated carbocycles. The summed E-state index contributed by atoms with van der Waals surface area (Å²) in [7, 11) is 1.64. The average Bonchev–Trinajstić information content (AvgIpc) is 2.73. The number of nitrogen functional groups attached to an aromatic ring is 1. The molecule has 0 fully saturated rings. The van der Waals surface area contributed by atoms with Crippen molar-refractivity contribution in [1.82, 2.24) is 0 Å². The standard InChI is InChI=1S/C16H20N4O3.C4H4O4/c1-3-23-16(21)19-12-8-9-14(20-15(12)17)18-10-11-6-4-5-7-13(11)22-2;5-3(6)1-2-4(7)8/h4-9H,3,10H2,1-2H3,(H,19,21)(H3,17,18,20);1-2H,(H,5,6)(H,7,8)/b;2-1+. The second-order valence-electron chi connectivity index (χ2n) is 5.70. The van der Waals surface area contributed by atoms with E-state index in [9.17, 15) is 19.5 Å². The minimum absolute atomic E-state index is 0.300. The number of benzene rings is 1. The largest absolute Gasteiger partial charge is 0.545 e. The van der Waals surface area contributed by atoms with Crippen LogP contribution < -0.4 is 31.2 Å². The summed E-state index contributed by atoms with van der Waals surface area (Å²) >= 11 is 0. The van der Waals surface area contributed by atoms with Crippen LogP contribution in [-0.4, -0.2) is 36.9 Å². The predicted octanol–water partition coefficient (Wildman–Crippen LogP) is 0.649. The van der Waals surface area contributed by atoms with Crippen molar-refractivity contribution in [2.24, 2.45) is 0 Å². The van der Waals surface area contributed by atoms with Crippen LogP contribution in [0.5, 0.6) is 5.75 Å². The lowest BCUT2D eigenvalue weighted by molar-refractivity contribution is -0.342. The van der Waals surface area contributed by atoms with Gasteiger partial charge in [0, 0.05) is 17.7 Å². The first kappa shape index (κ1) is 24.8. The van der Waals surface area contributed by atoms with Crippen molar-refractivity contribution in [2.75, 3.05) is 30.1 Å². The van der Waals surface area contributed by atoms with Crippen LogP contribution in [0.4, 0.5) is 22.1 Å². The summed E-state index contributed by atoms with van der Waals surface area (Å²) in [6.07, 6.45) is 0.403. The van der Waals surface area contributed by atoms with Crippen molar-refractivity contribution in [3.8, 4) is 5.75 Å². The molecule has 2 aromatic rings. The van der Waals surface area contributed by atoms with E-state index in [1.165, 1.54) is 0 Å². The number of hydrogen-bond donors (Lipinski definition) is 4. The number of H-pyrrole nitrogens is 1. The lowest BCUT2D eigenvalue weighted by Gasteiger charge is -2.09. The molecule has 0 aliphatic carbocycles. The Bertz CT molecular complexity index is 915. The third-order valence-corrected chi connectivity index (χ3v) is 3.51. The van der Waals surface area contributed by atoms with Crippen LogP contribution in [0.1, 0.15) is 12.5 Å². The zero-order chi connectivity index (χ0) is 23.2. The van der Waals surface area contributed by atoms with Gasteiger partial charge in [-0.05, 0) is 25.1 Å². The number of anilines is 3. The van der Waals surface area contributed by atoms with Gasteiger partial charge in [0.1, 0.15) is 11.4 Å². The van der Waals surface area contributed by atoms with Crippen LogP contribution in [0.25, 0.3) is 0 Å². The number of carbonyl (C=O) groups excluding carboxylic acids is 2. The lowest BCUT2D eigenvalue weighted by atomic mass is 10.2. The number of amides is 1. The van der Waals surface area contributed by atoms with Crippen molar-refractivity contribution in [2.45, 2.75) is 13.5 Å². The zero-order valence-corrected chi connectivity index (χ0v) is 17.0. The number of methoxy groups -OCH3 is 1. The van der Waals surface area contributed by atoms with Gasteiger partial charge in [-0.1, -0.05) is 18.2 Å². The van der Waals surface area contributed by atoms with Crippen molar-refractivity contribution in [3.63, 3.8) is 0 Å². The van der Waals surface area contributed by atoms with Gasteiger partial charge in [-0.3, -0.25) is 5.32 Å². The number of aliphatic carboxylic acids is 2. The Balaban J connectivity index is 0.000000512. The molecule has 0 aliphatic rings. The number of carboxylic acid groups (broad SMARTS) is 2. The normalized spacial score (nSPS) is 9.87. The molecule has 0 radical (unpaired) electrons. The van der Waals surface area contributed by atoms with E-state index in [4.69, 9.17) is 20.3 Å². The summed E-state index contributed by atoms with van der Waals surface area (Å²) in [6, 6.07) is 11.2. The molecule has 31 heavy (non-hydrogen) atoms. The van der Waals surface area contributed by atoms with Gasteiger partial charge in [-0.15, -0.1) is 0 Å². The summed E-state index contributed by atoms with van der Waals surface area (Å²) in [4.78, 5) is 33.4. The predicted molar refractivity (Wildman–Crippen MR) is 110 cm³/mol. The molecule has 11 heteroatoms. The number of para-hydroxylation sites is 1. The van der Waals surface area contributed by atoms with E-state index < -0.39 is 18.0 Å². The third-order valence-electron chi connectivity index (χ3n) is 3.51. The lowest BCUT2D eigenvalue weighted by Crippen LogP contribution is -2.21. The van der Waals surface area contributed by atoms with E-state index >= 15 is 0 Å². The number of carbonyl (C=O) groups is 3. The van der Waals surface area contributed by atoms with Gasteiger partial charge in [-0.25, -0.2) is 14.6 Å². The Morgan fingerprint density at radius 1 is 1.19 bits per heavy atom. The quantitative estimate of drug-likeness (QED) is 0.436. The minimum Gasteiger partial charge on any atom is -0.545 e.